The van der Waals surface area contributed by atoms with Gasteiger partial charge in [-0.05, 0) is 43.0 Å². The standard InChI is InChI=1S/C18H19N3O3/c22-18(16-6-3-9-23-16)19-17-14-8-7-13(10-15(14)20-21-17)24-11-12-4-1-2-5-12/h3,6-10,12H,1-2,4-5,11H2,(H2,19,20,21,22). The number of nitrogens with zero attached hydrogens (tertiary/aromatic N) is 1. The summed E-state index contributed by atoms with van der Waals surface area (Å²) in [7, 11) is 0. The van der Waals surface area contributed by atoms with Crippen LogP contribution in [0, 0.1) is 5.92 Å². The Morgan fingerprint density at radius 1 is 1.33 bits per heavy atom. The van der Waals surface area contributed by atoms with Gasteiger partial charge in [-0.2, -0.15) is 5.10 Å². The Morgan fingerprint density at radius 3 is 3.00 bits per heavy atom. The zero-order valence-corrected chi connectivity index (χ0v) is 13.2. The van der Waals surface area contributed by atoms with Crippen LogP contribution in [0.5, 0.6) is 5.75 Å². The number of aromatic nitrogens is 2. The number of rotatable bonds is 5. The first kappa shape index (κ1) is 14.8. The highest BCUT2D eigenvalue weighted by Crippen LogP contribution is 2.28. The number of nitrogens with one attached hydrogen (secondary N) is 2. The molecule has 2 N–H and O–H groups in total. The Kier molecular flexibility index (Phi) is 3.94. The fraction of sp³-hybridized carbons (Fsp3) is 0.333. The maximum Gasteiger partial charge on any atom is 0.292 e. The number of aromatic amines is 1. The number of fused-ring (bicyclic) bond motifs is 1. The van der Waals surface area contributed by atoms with Crippen molar-refractivity contribution in [1.82, 2.24) is 10.2 Å². The largest absolute Gasteiger partial charge is 0.493 e. The van der Waals surface area contributed by atoms with Gasteiger partial charge < -0.3 is 14.5 Å². The average Bonchev–Trinajstić information content (AvgIpc) is 3.35. The summed E-state index contributed by atoms with van der Waals surface area (Å²) >= 11 is 0. The van der Waals surface area contributed by atoms with Crippen LogP contribution in [0.4, 0.5) is 5.82 Å². The van der Waals surface area contributed by atoms with Crippen LogP contribution < -0.4 is 10.1 Å². The Hall–Kier alpha value is -2.76. The van der Waals surface area contributed by atoms with Gasteiger partial charge >= 0.3 is 0 Å². The van der Waals surface area contributed by atoms with Crippen LogP contribution in [0.25, 0.3) is 10.9 Å². The van der Waals surface area contributed by atoms with Crippen molar-refractivity contribution in [2.24, 2.45) is 5.92 Å². The molecule has 1 saturated carbocycles. The van der Waals surface area contributed by atoms with Gasteiger partial charge in [0.25, 0.3) is 5.91 Å². The second kappa shape index (κ2) is 6.39. The molecule has 0 saturated heterocycles. The van der Waals surface area contributed by atoms with E-state index in [2.05, 4.69) is 15.5 Å². The number of H-pyrrole nitrogens is 1. The monoisotopic (exact) mass is 325 g/mol. The predicted octanol–water partition coefficient (Wildman–Crippen LogP) is 3.98. The molecule has 6 heteroatoms. The third-order valence-corrected chi connectivity index (χ3v) is 4.47. The van der Waals surface area contributed by atoms with Crippen LogP contribution in [0.3, 0.4) is 0 Å². The smallest absolute Gasteiger partial charge is 0.292 e. The van der Waals surface area contributed by atoms with E-state index in [1.54, 1.807) is 12.1 Å². The summed E-state index contributed by atoms with van der Waals surface area (Å²) in [5.74, 6) is 1.90. The van der Waals surface area contributed by atoms with E-state index in [-0.39, 0.29) is 11.7 Å². The van der Waals surface area contributed by atoms with E-state index in [9.17, 15) is 4.79 Å². The number of hydrogen-bond acceptors (Lipinski definition) is 4. The maximum atomic E-state index is 12.0. The van der Waals surface area contributed by atoms with E-state index in [4.69, 9.17) is 9.15 Å². The molecule has 24 heavy (non-hydrogen) atoms. The first-order valence-corrected chi connectivity index (χ1v) is 8.25. The zero-order chi connectivity index (χ0) is 16.4. The molecule has 6 nitrogen and oxygen atoms in total. The molecule has 1 fully saturated rings. The molecule has 1 amide bonds. The van der Waals surface area contributed by atoms with Crippen LogP contribution in [0.15, 0.2) is 41.0 Å². The van der Waals surface area contributed by atoms with Gasteiger partial charge in [0.1, 0.15) is 5.75 Å². The van der Waals surface area contributed by atoms with Gasteiger partial charge in [-0.25, -0.2) is 0 Å². The average molecular weight is 325 g/mol. The summed E-state index contributed by atoms with van der Waals surface area (Å²) in [5.41, 5.74) is 0.827. The number of amides is 1. The number of ether oxygens (including phenoxy) is 1. The van der Waals surface area contributed by atoms with E-state index < -0.39 is 0 Å². The molecule has 1 aromatic carbocycles. The van der Waals surface area contributed by atoms with Crippen LogP contribution in [-0.2, 0) is 0 Å². The summed E-state index contributed by atoms with van der Waals surface area (Å²) in [6.45, 7) is 0.766. The molecule has 0 aliphatic heterocycles. The van der Waals surface area contributed by atoms with E-state index in [1.807, 2.05) is 18.2 Å². The lowest BCUT2D eigenvalue weighted by atomic mass is 10.1. The van der Waals surface area contributed by atoms with Gasteiger partial charge in [0, 0.05) is 11.5 Å². The quantitative estimate of drug-likeness (QED) is 0.743. The summed E-state index contributed by atoms with van der Waals surface area (Å²) < 4.78 is 11.0. The van der Waals surface area contributed by atoms with Gasteiger partial charge in [0.2, 0.25) is 0 Å². The Morgan fingerprint density at radius 2 is 2.21 bits per heavy atom. The van der Waals surface area contributed by atoms with Crippen molar-refractivity contribution in [3.05, 3.63) is 42.4 Å². The number of anilines is 1. The third kappa shape index (κ3) is 2.99. The molecule has 4 rings (SSSR count). The highest BCUT2D eigenvalue weighted by molar-refractivity contribution is 6.06. The molecule has 2 aromatic heterocycles. The molecule has 2 heterocycles. The molecule has 1 aliphatic carbocycles. The SMILES string of the molecule is O=C(Nc1n[nH]c2cc(OCC3CCCC3)ccc12)c1ccco1. The number of benzene rings is 1. The molecule has 0 atom stereocenters. The molecular weight excluding hydrogens is 306 g/mol. The van der Waals surface area contributed by atoms with Crippen LogP contribution >= 0.6 is 0 Å². The summed E-state index contributed by atoms with van der Waals surface area (Å²) in [6, 6.07) is 9.01. The second-order valence-electron chi connectivity index (χ2n) is 6.17. The molecule has 1 aliphatic rings. The van der Waals surface area contributed by atoms with Crippen molar-refractivity contribution < 1.29 is 13.9 Å². The molecular formula is C18H19N3O3. The highest BCUT2D eigenvalue weighted by Gasteiger charge is 2.16. The van der Waals surface area contributed by atoms with Crippen LogP contribution in [0.1, 0.15) is 36.2 Å². The van der Waals surface area contributed by atoms with Gasteiger partial charge in [-0.1, -0.05) is 12.8 Å². The highest BCUT2D eigenvalue weighted by atomic mass is 16.5. The Bertz CT molecular complexity index is 832. The fourth-order valence-electron chi connectivity index (χ4n) is 3.15. The van der Waals surface area contributed by atoms with Crippen LogP contribution in [-0.4, -0.2) is 22.7 Å². The number of carbonyl (C=O) groups excluding carboxylic acids is 1. The molecule has 0 radical (unpaired) electrons. The van der Waals surface area contributed by atoms with Gasteiger partial charge in [0.15, 0.2) is 11.6 Å². The van der Waals surface area contributed by atoms with Crippen molar-refractivity contribution in [3.8, 4) is 5.75 Å². The predicted molar refractivity (Wildman–Crippen MR) is 90.2 cm³/mol. The first-order chi connectivity index (χ1) is 11.8. The topological polar surface area (TPSA) is 80.2 Å². The molecule has 0 spiro atoms. The third-order valence-electron chi connectivity index (χ3n) is 4.47. The fourth-order valence-corrected chi connectivity index (χ4v) is 3.15. The van der Waals surface area contributed by atoms with Crippen molar-refractivity contribution in [2.75, 3.05) is 11.9 Å². The number of hydrogen-bond donors (Lipinski definition) is 2. The van der Waals surface area contributed by atoms with Crippen molar-refractivity contribution in [2.45, 2.75) is 25.7 Å². The molecule has 0 bridgehead atoms. The van der Waals surface area contributed by atoms with Crippen molar-refractivity contribution in [3.63, 3.8) is 0 Å². The minimum Gasteiger partial charge on any atom is -0.493 e. The molecule has 124 valence electrons. The van der Waals surface area contributed by atoms with Gasteiger partial charge in [-0.3, -0.25) is 9.89 Å². The van der Waals surface area contributed by atoms with E-state index in [0.29, 0.717) is 11.7 Å². The van der Waals surface area contributed by atoms with Crippen LogP contribution in [0.2, 0.25) is 0 Å². The normalized spacial score (nSPS) is 15.0. The minimum absolute atomic E-state index is 0.252. The van der Waals surface area contributed by atoms with Gasteiger partial charge in [-0.15, -0.1) is 0 Å². The summed E-state index contributed by atoms with van der Waals surface area (Å²) in [6.07, 6.45) is 6.61. The van der Waals surface area contributed by atoms with Crippen molar-refractivity contribution >= 4 is 22.6 Å². The van der Waals surface area contributed by atoms with E-state index >= 15 is 0 Å². The van der Waals surface area contributed by atoms with E-state index in [1.165, 1.54) is 31.9 Å². The lowest BCUT2D eigenvalue weighted by Gasteiger charge is -2.11. The number of carbonyl (C=O) groups is 1. The van der Waals surface area contributed by atoms with Crippen molar-refractivity contribution in [1.29, 1.82) is 0 Å². The summed E-state index contributed by atoms with van der Waals surface area (Å²) in [5, 5.41) is 10.7. The molecule has 3 aromatic rings. The van der Waals surface area contributed by atoms with E-state index in [0.717, 1.165) is 23.3 Å². The maximum absolute atomic E-state index is 12.0. The lowest BCUT2D eigenvalue weighted by molar-refractivity contribution is 0.0996. The number of furan rings is 1. The second-order valence-corrected chi connectivity index (χ2v) is 6.17. The Balaban J connectivity index is 1.47. The summed E-state index contributed by atoms with van der Waals surface area (Å²) in [4.78, 5) is 12.0. The van der Waals surface area contributed by atoms with Gasteiger partial charge in [0.05, 0.1) is 18.4 Å². The lowest BCUT2D eigenvalue weighted by Crippen LogP contribution is -2.11. The molecule has 0 unspecified atom stereocenters. The first-order valence-electron chi connectivity index (χ1n) is 8.25. The minimum atomic E-state index is -0.324. The zero-order valence-electron chi connectivity index (χ0n) is 13.2. The Labute approximate surface area is 139 Å².